The molecule has 0 aliphatic heterocycles. The van der Waals surface area contributed by atoms with Crippen LogP contribution in [0.4, 0.5) is 5.69 Å². The third-order valence-electron chi connectivity index (χ3n) is 3.19. The van der Waals surface area contributed by atoms with E-state index in [-0.39, 0.29) is 5.91 Å². The highest BCUT2D eigenvalue weighted by molar-refractivity contribution is 7.99. The summed E-state index contributed by atoms with van der Waals surface area (Å²) in [6.07, 6.45) is 2.34. The molecule has 1 fully saturated rings. The fourth-order valence-corrected chi connectivity index (χ4v) is 3.14. The second kappa shape index (κ2) is 6.07. The molecule has 5 nitrogen and oxygen atoms in total. The van der Waals surface area contributed by atoms with Crippen LogP contribution in [0.5, 0.6) is 0 Å². The summed E-state index contributed by atoms with van der Waals surface area (Å²) in [7, 11) is 0. The van der Waals surface area contributed by atoms with Gasteiger partial charge in [-0.3, -0.25) is 4.79 Å². The van der Waals surface area contributed by atoms with Gasteiger partial charge in [-0.25, -0.2) is 0 Å². The van der Waals surface area contributed by atoms with Crippen molar-refractivity contribution < 1.29 is 4.79 Å². The lowest BCUT2D eigenvalue weighted by Crippen LogP contribution is -2.14. The van der Waals surface area contributed by atoms with Gasteiger partial charge in [-0.2, -0.15) is 0 Å². The Bertz CT molecular complexity index is 669. The van der Waals surface area contributed by atoms with E-state index in [0.29, 0.717) is 22.5 Å². The van der Waals surface area contributed by atoms with Crippen LogP contribution in [0.3, 0.4) is 0 Å². The maximum atomic E-state index is 12.0. The summed E-state index contributed by atoms with van der Waals surface area (Å²) >= 11 is 7.30. The third kappa shape index (κ3) is 3.57. The Morgan fingerprint density at radius 1 is 1.48 bits per heavy atom. The van der Waals surface area contributed by atoms with E-state index in [2.05, 4.69) is 20.1 Å². The normalized spacial score (nSPS) is 14.2. The van der Waals surface area contributed by atoms with E-state index in [9.17, 15) is 4.79 Å². The largest absolute Gasteiger partial charge is 0.325 e. The van der Waals surface area contributed by atoms with E-state index in [1.165, 1.54) is 24.6 Å². The smallest absolute Gasteiger partial charge is 0.234 e. The first-order valence-electron chi connectivity index (χ1n) is 6.73. The number of aryl methyl sites for hydroxylation is 1. The number of benzene rings is 1. The van der Waals surface area contributed by atoms with Crippen molar-refractivity contribution in [3.63, 3.8) is 0 Å². The first-order valence-corrected chi connectivity index (χ1v) is 8.09. The molecule has 7 heteroatoms. The van der Waals surface area contributed by atoms with Gasteiger partial charge in [-0.1, -0.05) is 29.4 Å². The first-order chi connectivity index (χ1) is 10.1. The van der Waals surface area contributed by atoms with E-state index >= 15 is 0 Å². The number of thioether (sulfide) groups is 1. The van der Waals surface area contributed by atoms with Crippen molar-refractivity contribution in [2.24, 2.45) is 0 Å². The van der Waals surface area contributed by atoms with Gasteiger partial charge in [0.05, 0.1) is 5.75 Å². The van der Waals surface area contributed by atoms with Gasteiger partial charge in [0.1, 0.15) is 5.82 Å². The summed E-state index contributed by atoms with van der Waals surface area (Å²) in [5.41, 5.74) is 0.702. The Morgan fingerprint density at radius 3 is 3.00 bits per heavy atom. The molecule has 1 aromatic heterocycles. The lowest BCUT2D eigenvalue weighted by Gasteiger charge is -2.07. The summed E-state index contributed by atoms with van der Waals surface area (Å²) in [4.78, 5) is 12.0. The van der Waals surface area contributed by atoms with Crippen LogP contribution in [-0.2, 0) is 4.79 Å². The number of aromatic nitrogens is 3. The van der Waals surface area contributed by atoms with E-state index < -0.39 is 0 Å². The molecule has 1 heterocycles. The predicted octanol–water partition coefficient (Wildman–Crippen LogP) is 3.31. The van der Waals surface area contributed by atoms with Gasteiger partial charge in [0, 0.05) is 16.8 Å². The Balaban J connectivity index is 1.59. The minimum atomic E-state index is -0.0785. The third-order valence-corrected chi connectivity index (χ3v) is 4.37. The standard InChI is InChI=1S/C14H15ClN4OS/c1-9-17-18-14(19(9)12-5-6-12)21-8-13(20)16-11-4-2-3-10(15)7-11/h2-4,7,12H,5-6,8H2,1H3,(H,16,20). The molecule has 1 aliphatic rings. The summed E-state index contributed by atoms with van der Waals surface area (Å²) in [6.45, 7) is 1.95. The van der Waals surface area contributed by atoms with Crippen LogP contribution in [0.1, 0.15) is 24.7 Å². The molecule has 110 valence electrons. The fraction of sp³-hybridized carbons (Fsp3) is 0.357. The van der Waals surface area contributed by atoms with Gasteiger partial charge < -0.3 is 9.88 Å². The van der Waals surface area contributed by atoms with Gasteiger partial charge in [0.25, 0.3) is 0 Å². The molecular formula is C14H15ClN4OS. The fourth-order valence-electron chi connectivity index (χ4n) is 2.09. The molecule has 3 rings (SSSR count). The topological polar surface area (TPSA) is 59.8 Å². The number of rotatable bonds is 5. The second-order valence-electron chi connectivity index (χ2n) is 4.98. The zero-order valence-corrected chi connectivity index (χ0v) is 13.1. The Labute approximate surface area is 132 Å². The first kappa shape index (κ1) is 14.4. The molecule has 0 spiro atoms. The van der Waals surface area contributed by atoms with E-state index in [0.717, 1.165) is 11.0 Å². The van der Waals surface area contributed by atoms with Crippen LogP contribution < -0.4 is 5.32 Å². The van der Waals surface area contributed by atoms with Crippen molar-refractivity contribution in [2.45, 2.75) is 31.0 Å². The summed E-state index contributed by atoms with van der Waals surface area (Å²) in [5.74, 6) is 1.14. The molecule has 1 amide bonds. The van der Waals surface area contributed by atoms with Crippen molar-refractivity contribution in [1.82, 2.24) is 14.8 Å². The number of nitrogens with zero attached hydrogens (tertiary/aromatic N) is 3. The molecule has 1 aliphatic carbocycles. The second-order valence-corrected chi connectivity index (χ2v) is 6.36. The van der Waals surface area contributed by atoms with Crippen LogP contribution in [0, 0.1) is 6.92 Å². The van der Waals surface area contributed by atoms with Crippen LogP contribution in [0.2, 0.25) is 5.02 Å². The molecule has 0 radical (unpaired) electrons. The number of anilines is 1. The van der Waals surface area contributed by atoms with Crippen molar-refractivity contribution in [3.05, 3.63) is 35.1 Å². The predicted molar refractivity (Wildman–Crippen MR) is 83.8 cm³/mol. The summed E-state index contributed by atoms with van der Waals surface area (Å²) in [5, 5.41) is 12.5. The Hall–Kier alpha value is -1.53. The maximum Gasteiger partial charge on any atom is 0.234 e. The van der Waals surface area contributed by atoms with E-state index in [1.54, 1.807) is 18.2 Å². The highest BCUT2D eigenvalue weighted by Crippen LogP contribution is 2.38. The molecule has 1 N–H and O–H groups in total. The quantitative estimate of drug-likeness (QED) is 0.858. The summed E-state index contributed by atoms with van der Waals surface area (Å²) < 4.78 is 2.12. The molecule has 21 heavy (non-hydrogen) atoms. The van der Waals surface area contributed by atoms with Gasteiger partial charge in [-0.15, -0.1) is 10.2 Å². The average Bonchev–Trinajstić information content (AvgIpc) is 3.20. The highest BCUT2D eigenvalue weighted by Gasteiger charge is 2.28. The van der Waals surface area contributed by atoms with E-state index in [4.69, 9.17) is 11.6 Å². The van der Waals surface area contributed by atoms with Crippen LogP contribution in [-0.4, -0.2) is 26.4 Å². The Morgan fingerprint density at radius 2 is 2.29 bits per heavy atom. The van der Waals surface area contributed by atoms with Gasteiger partial charge in [0.15, 0.2) is 5.16 Å². The molecule has 1 aromatic carbocycles. The molecule has 0 saturated heterocycles. The minimum absolute atomic E-state index is 0.0785. The average molecular weight is 323 g/mol. The molecule has 0 atom stereocenters. The minimum Gasteiger partial charge on any atom is -0.325 e. The number of nitrogens with one attached hydrogen (secondary N) is 1. The number of carbonyl (C=O) groups excluding carboxylic acids is 1. The highest BCUT2D eigenvalue weighted by atomic mass is 35.5. The van der Waals surface area contributed by atoms with Gasteiger partial charge in [-0.05, 0) is 38.0 Å². The molecule has 0 bridgehead atoms. The van der Waals surface area contributed by atoms with Crippen LogP contribution in [0.25, 0.3) is 0 Å². The maximum absolute atomic E-state index is 12.0. The monoisotopic (exact) mass is 322 g/mol. The van der Waals surface area contributed by atoms with Crippen LogP contribution in [0.15, 0.2) is 29.4 Å². The Kier molecular flexibility index (Phi) is 4.17. The van der Waals surface area contributed by atoms with Crippen molar-refractivity contribution in [3.8, 4) is 0 Å². The van der Waals surface area contributed by atoms with Gasteiger partial charge >= 0.3 is 0 Å². The van der Waals surface area contributed by atoms with Crippen LogP contribution >= 0.6 is 23.4 Å². The van der Waals surface area contributed by atoms with Crippen molar-refractivity contribution in [2.75, 3.05) is 11.1 Å². The molecule has 0 unspecified atom stereocenters. The lowest BCUT2D eigenvalue weighted by atomic mass is 10.3. The molecule has 2 aromatic rings. The van der Waals surface area contributed by atoms with Crippen molar-refractivity contribution >= 4 is 35.0 Å². The van der Waals surface area contributed by atoms with E-state index in [1.807, 2.05) is 13.0 Å². The SMILES string of the molecule is Cc1nnc(SCC(=O)Nc2cccc(Cl)c2)n1C1CC1. The van der Waals surface area contributed by atoms with Gasteiger partial charge in [0.2, 0.25) is 5.91 Å². The molecule has 1 saturated carbocycles. The zero-order chi connectivity index (χ0) is 14.8. The zero-order valence-electron chi connectivity index (χ0n) is 11.5. The number of carbonyl (C=O) groups is 1. The number of hydrogen-bond acceptors (Lipinski definition) is 4. The summed E-state index contributed by atoms with van der Waals surface area (Å²) in [6, 6.07) is 7.62. The molecular weight excluding hydrogens is 308 g/mol. The number of amides is 1. The number of hydrogen-bond donors (Lipinski definition) is 1. The number of halogens is 1. The lowest BCUT2D eigenvalue weighted by molar-refractivity contribution is -0.113. The van der Waals surface area contributed by atoms with Crippen molar-refractivity contribution in [1.29, 1.82) is 0 Å².